The molecule has 1 amide bonds. The Morgan fingerprint density at radius 1 is 1.20 bits per heavy atom. The largest absolute Gasteiger partial charge is 0.326 e. The second-order valence-corrected chi connectivity index (χ2v) is 8.45. The van der Waals surface area contributed by atoms with Crippen LogP contribution in [0, 0.1) is 6.92 Å². The highest BCUT2D eigenvalue weighted by Crippen LogP contribution is 2.24. The third kappa shape index (κ3) is 4.41. The van der Waals surface area contributed by atoms with Crippen LogP contribution >= 0.6 is 11.3 Å². The number of primary sulfonamides is 1. The normalized spacial score (nSPS) is 11.6. The number of thiazole rings is 1. The number of nitrogens with one attached hydrogen (secondary N) is 1. The molecule has 0 aliphatic rings. The van der Waals surface area contributed by atoms with Crippen LogP contribution in [0.3, 0.4) is 0 Å². The summed E-state index contributed by atoms with van der Waals surface area (Å²) in [6.45, 7) is 1.95. The van der Waals surface area contributed by atoms with E-state index in [-0.39, 0.29) is 10.8 Å². The molecule has 130 valence electrons. The molecule has 3 rings (SSSR count). The van der Waals surface area contributed by atoms with Gasteiger partial charge in [0.1, 0.15) is 0 Å². The number of amides is 1. The molecule has 2 aromatic carbocycles. The molecule has 0 unspecified atom stereocenters. The lowest BCUT2D eigenvalue weighted by atomic mass is 10.1. The Bertz CT molecular complexity index is 1020. The van der Waals surface area contributed by atoms with E-state index in [1.54, 1.807) is 23.5 Å². The number of hydrogen-bond acceptors (Lipinski definition) is 5. The van der Waals surface area contributed by atoms with Crippen LogP contribution in [0.4, 0.5) is 5.69 Å². The molecule has 0 spiro atoms. The highest BCUT2D eigenvalue weighted by atomic mass is 32.2. The quantitative estimate of drug-likeness (QED) is 0.716. The summed E-state index contributed by atoms with van der Waals surface area (Å²) in [4.78, 5) is 16.6. The lowest BCUT2D eigenvalue weighted by molar-refractivity contribution is -0.116. The van der Waals surface area contributed by atoms with Crippen molar-refractivity contribution in [3.05, 3.63) is 53.0 Å². The number of aryl methyl sites for hydroxylation is 2. The molecule has 0 atom stereocenters. The summed E-state index contributed by atoms with van der Waals surface area (Å²) in [5.74, 6) is -0.101. The van der Waals surface area contributed by atoms with Crippen molar-refractivity contribution < 1.29 is 13.2 Å². The van der Waals surface area contributed by atoms with E-state index in [1.807, 2.05) is 25.1 Å². The average molecular weight is 375 g/mol. The monoisotopic (exact) mass is 375 g/mol. The van der Waals surface area contributed by atoms with Crippen molar-refractivity contribution in [2.45, 2.75) is 24.7 Å². The van der Waals surface area contributed by atoms with Gasteiger partial charge in [0.25, 0.3) is 0 Å². The fraction of sp³-hybridized carbons (Fsp3) is 0.176. The van der Waals surface area contributed by atoms with Gasteiger partial charge in [0.05, 0.1) is 20.1 Å². The number of carbonyl (C=O) groups is 1. The molecule has 1 aromatic heterocycles. The Kier molecular flexibility index (Phi) is 4.85. The summed E-state index contributed by atoms with van der Waals surface area (Å²) >= 11 is 1.59. The van der Waals surface area contributed by atoms with Gasteiger partial charge in [-0.3, -0.25) is 4.79 Å². The molecular weight excluding hydrogens is 358 g/mol. The van der Waals surface area contributed by atoms with Crippen molar-refractivity contribution in [3.8, 4) is 0 Å². The van der Waals surface area contributed by atoms with Gasteiger partial charge in [-0.2, -0.15) is 0 Å². The van der Waals surface area contributed by atoms with E-state index >= 15 is 0 Å². The number of anilines is 1. The summed E-state index contributed by atoms with van der Waals surface area (Å²) in [6.07, 6.45) is 0.813. The SMILES string of the molecule is Cc1nc2ccc(NC(=O)CCc3ccc(S(N)(=O)=O)cc3)cc2s1. The summed E-state index contributed by atoms with van der Waals surface area (Å²) in [5, 5.41) is 8.92. The van der Waals surface area contributed by atoms with Crippen LogP contribution in [-0.2, 0) is 21.2 Å². The lowest BCUT2D eigenvalue weighted by Gasteiger charge is -2.06. The number of hydrogen-bond donors (Lipinski definition) is 2. The molecular formula is C17H17N3O3S2. The predicted molar refractivity (Wildman–Crippen MR) is 99.1 cm³/mol. The van der Waals surface area contributed by atoms with Gasteiger partial charge < -0.3 is 5.32 Å². The van der Waals surface area contributed by atoms with Crippen LogP contribution in [0.15, 0.2) is 47.4 Å². The van der Waals surface area contributed by atoms with Crippen molar-refractivity contribution in [2.24, 2.45) is 5.14 Å². The van der Waals surface area contributed by atoms with Crippen LogP contribution in [0.25, 0.3) is 10.2 Å². The maximum Gasteiger partial charge on any atom is 0.238 e. The van der Waals surface area contributed by atoms with E-state index < -0.39 is 10.0 Å². The van der Waals surface area contributed by atoms with Gasteiger partial charge in [0.15, 0.2) is 0 Å². The van der Waals surface area contributed by atoms with Crippen molar-refractivity contribution >= 4 is 43.2 Å². The first-order valence-electron chi connectivity index (χ1n) is 7.60. The molecule has 0 aliphatic carbocycles. The second-order valence-electron chi connectivity index (χ2n) is 5.65. The lowest BCUT2D eigenvalue weighted by Crippen LogP contribution is -2.13. The first kappa shape index (κ1) is 17.5. The standard InChI is InChI=1S/C17H17N3O3S2/c1-11-19-15-8-5-13(10-16(15)24-11)20-17(21)9-4-12-2-6-14(7-3-12)25(18,22)23/h2-3,5-8,10H,4,9H2,1H3,(H,20,21)(H2,18,22,23). The number of rotatable bonds is 5. The molecule has 0 radical (unpaired) electrons. The minimum Gasteiger partial charge on any atom is -0.326 e. The van der Waals surface area contributed by atoms with Crippen molar-refractivity contribution in [1.29, 1.82) is 0 Å². The van der Waals surface area contributed by atoms with Crippen LogP contribution in [0.5, 0.6) is 0 Å². The Balaban J connectivity index is 1.60. The Morgan fingerprint density at radius 3 is 2.60 bits per heavy atom. The van der Waals surface area contributed by atoms with Gasteiger partial charge >= 0.3 is 0 Å². The first-order valence-corrected chi connectivity index (χ1v) is 9.96. The number of benzene rings is 2. The number of fused-ring (bicyclic) bond motifs is 1. The van der Waals surface area contributed by atoms with Gasteiger partial charge in [-0.05, 0) is 49.2 Å². The fourth-order valence-electron chi connectivity index (χ4n) is 2.44. The smallest absolute Gasteiger partial charge is 0.238 e. The third-order valence-corrected chi connectivity index (χ3v) is 5.53. The molecule has 0 aliphatic heterocycles. The highest BCUT2D eigenvalue weighted by Gasteiger charge is 2.09. The van der Waals surface area contributed by atoms with E-state index in [2.05, 4.69) is 10.3 Å². The maximum atomic E-state index is 12.1. The first-order chi connectivity index (χ1) is 11.8. The van der Waals surface area contributed by atoms with Crippen molar-refractivity contribution in [3.63, 3.8) is 0 Å². The van der Waals surface area contributed by atoms with E-state index in [0.717, 1.165) is 26.5 Å². The summed E-state index contributed by atoms with van der Waals surface area (Å²) in [7, 11) is -3.69. The van der Waals surface area contributed by atoms with Gasteiger partial charge in [-0.25, -0.2) is 18.5 Å². The zero-order chi connectivity index (χ0) is 18.0. The zero-order valence-electron chi connectivity index (χ0n) is 13.5. The second kappa shape index (κ2) is 6.91. The average Bonchev–Trinajstić information content (AvgIpc) is 2.92. The number of nitrogens with zero attached hydrogens (tertiary/aromatic N) is 1. The van der Waals surface area contributed by atoms with Gasteiger partial charge in [0.2, 0.25) is 15.9 Å². The van der Waals surface area contributed by atoms with E-state index in [1.165, 1.54) is 12.1 Å². The molecule has 0 fully saturated rings. The minimum atomic E-state index is -3.69. The molecule has 3 aromatic rings. The maximum absolute atomic E-state index is 12.1. The molecule has 0 saturated heterocycles. The number of aromatic nitrogens is 1. The summed E-state index contributed by atoms with van der Waals surface area (Å²) in [6, 6.07) is 11.9. The topological polar surface area (TPSA) is 102 Å². The molecule has 1 heterocycles. The predicted octanol–water partition coefficient (Wildman–Crippen LogP) is 2.82. The molecule has 0 bridgehead atoms. The van der Waals surface area contributed by atoms with E-state index in [9.17, 15) is 13.2 Å². The molecule has 0 saturated carbocycles. The minimum absolute atomic E-state index is 0.0638. The molecule has 3 N–H and O–H groups in total. The molecule has 25 heavy (non-hydrogen) atoms. The van der Waals surface area contributed by atoms with E-state index in [4.69, 9.17) is 5.14 Å². The highest BCUT2D eigenvalue weighted by molar-refractivity contribution is 7.89. The molecule has 6 nitrogen and oxygen atoms in total. The summed E-state index contributed by atoms with van der Waals surface area (Å²) < 4.78 is 23.5. The van der Waals surface area contributed by atoms with Crippen LogP contribution in [0.1, 0.15) is 17.0 Å². The van der Waals surface area contributed by atoms with Crippen molar-refractivity contribution in [1.82, 2.24) is 4.98 Å². The van der Waals surface area contributed by atoms with E-state index in [0.29, 0.717) is 12.8 Å². The molecule has 8 heteroatoms. The summed E-state index contributed by atoms with van der Waals surface area (Å²) in [5.41, 5.74) is 2.54. The van der Waals surface area contributed by atoms with Gasteiger partial charge in [-0.15, -0.1) is 11.3 Å². The number of nitrogens with two attached hydrogens (primary N) is 1. The number of sulfonamides is 1. The fourth-order valence-corrected chi connectivity index (χ4v) is 3.83. The Hall–Kier alpha value is -2.29. The number of carbonyl (C=O) groups excluding carboxylic acids is 1. The van der Waals surface area contributed by atoms with Gasteiger partial charge in [0, 0.05) is 12.1 Å². The van der Waals surface area contributed by atoms with Crippen LogP contribution in [-0.4, -0.2) is 19.3 Å². The Morgan fingerprint density at radius 2 is 1.92 bits per heavy atom. The van der Waals surface area contributed by atoms with Crippen LogP contribution < -0.4 is 10.5 Å². The van der Waals surface area contributed by atoms with Crippen molar-refractivity contribution in [2.75, 3.05) is 5.32 Å². The Labute approximate surface area is 149 Å². The zero-order valence-corrected chi connectivity index (χ0v) is 15.2. The van der Waals surface area contributed by atoms with Crippen LogP contribution in [0.2, 0.25) is 0 Å². The third-order valence-electron chi connectivity index (χ3n) is 3.67. The van der Waals surface area contributed by atoms with Gasteiger partial charge in [-0.1, -0.05) is 12.1 Å².